The molecule has 0 bridgehead atoms. The quantitative estimate of drug-likeness (QED) is 0.748. The van der Waals surface area contributed by atoms with Crippen molar-refractivity contribution in [1.29, 1.82) is 0 Å². The monoisotopic (exact) mass is 211 g/mol. The molecule has 0 radical (unpaired) electrons. The van der Waals surface area contributed by atoms with Crippen molar-refractivity contribution in [3.63, 3.8) is 0 Å². The van der Waals surface area contributed by atoms with Crippen LogP contribution in [0.5, 0.6) is 0 Å². The van der Waals surface area contributed by atoms with Gasteiger partial charge in [0.2, 0.25) is 0 Å². The predicted octanol–water partition coefficient (Wildman–Crippen LogP) is 2.32. The molecule has 88 valence electrons. The molecule has 0 amide bonds. The fourth-order valence-electron chi connectivity index (χ4n) is 3.21. The first-order valence-electron chi connectivity index (χ1n) is 6.67. The van der Waals surface area contributed by atoms with E-state index in [0.29, 0.717) is 6.04 Å². The lowest BCUT2D eigenvalue weighted by Crippen LogP contribution is -2.35. The molecule has 3 atom stereocenters. The molecule has 2 N–H and O–H groups in total. The summed E-state index contributed by atoms with van der Waals surface area (Å²) in [6.45, 7) is 3.45. The second kappa shape index (κ2) is 5.31. The Balaban J connectivity index is 1.64. The Hall–Kier alpha value is -0.0800. The molecule has 0 aromatic rings. The zero-order valence-corrected chi connectivity index (χ0v) is 9.91. The smallest absolute Gasteiger partial charge is 0.0543 e. The van der Waals surface area contributed by atoms with Crippen LogP contribution in [-0.4, -0.2) is 23.8 Å². The summed E-state index contributed by atoms with van der Waals surface area (Å²) in [6.07, 6.45) is 8.93. The van der Waals surface area contributed by atoms with Crippen LogP contribution in [-0.2, 0) is 0 Å². The van der Waals surface area contributed by atoms with Crippen LogP contribution in [0.15, 0.2) is 0 Å². The van der Waals surface area contributed by atoms with E-state index in [1.807, 2.05) is 0 Å². The molecule has 15 heavy (non-hydrogen) atoms. The Labute approximate surface area is 93.5 Å². The van der Waals surface area contributed by atoms with Gasteiger partial charge in [0.1, 0.15) is 0 Å². The van der Waals surface area contributed by atoms with Crippen LogP contribution in [0.1, 0.15) is 51.9 Å². The van der Waals surface area contributed by atoms with E-state index >= 15 is 0 Å². The third-order valence-corrected chi connectivity index (χ3v) is 4.35. The van der Waals surface area contributed by atoms with E-state index in [-0.39, 0.29) is 6.10 Å². The number of aliphatic hydroxyl groups is 1. The molecule has 2 nitrogen and oxygen atoms in total. The van der Waals surface area contributed by atoms with Gasteiger partial charge in [-0.3, -0.25) is 0 Å². The molecule has 0 aromatic heterocycles. The van der Waals surface area contributed by atoms with E-state index in [1.54, 1.807) is 0 Å². The highest BCUT2D eigenvalue weighted by molar-refractivity contribution is 4.81. The highest BCUT2D eigenvalue weighted by Gasteiger charge is 2.25. The van der Waals surface area contributed by atoms with Crippen molar-refractivity contribution in [3.8, 4) is 0 Å². The SMILES string of the molecule is CC(NCC1CCC(O)C1)C1CCCC1. The number of hydrogen-bond donors (Lipinski definition) is 2. The zero-order valence-electron chi connectivity index (χ0n) is 9.91. The highest BCUT2D eigenvalue weighted by atomic mass is 16.3. The third kappa shape index (κ3) is 3.18. The molecule has 2 aliphatic rings. The minimum atomic E-state index is -0.0152. The topological polar surface area (TPSA) is 32.3 Å². The fourth-order valence-corrected chi connectivity index (χ4v) is 3.21. The summed E-state index contributed by atoms with van der Waals surface area (Å²) < 4.78 is 0. The van der Waals surface area contributed by atoms with Crippen molar-refractivity contribution in [3.05, 3.63) is 0 Å². The van der Waals surface area contributed by atoms with Crippen LogP contribution in [0, 0.1) is 11.8 Å². The van der Waals surface area contributed by atoms with Gasteiger partial charge in [-0.25, -0.2) is 0 Å². The minimum absolute atomic E-state index is 0.0152. The van der Waals surface area contributed by atoms with Crippen molar-refractivity contribution in [2.45, 2.75) is 64.0 Å². The van der Waals surface area contributed by atoms with Crippen LogP contribution in [0.2, 0.25) is 0 Å². The van der Waals surface area contributed by atoms with Gasteiger partial charge in [-0.05, 0) is 57.4 Å². The van der Waals surface area contributed by atoms with Gasteiger partial charge in [0.25, 0.3) is 0 Å². The molecule has 0 aromatic carbocycles. The van der Waals surface area contributed by atoms with E-state index in [4.69, 9.17) is 0 Å². The first-order chi connectivity index (χ1) is 7.25. The second-order valence-electron chi connectivity index (χ2n) is 5.57. The van der Waals surface area contributed by atoms with Crippen molar-refractivity contribution >= 4 is 0 Å². The number of hydrogen-bond acceptors (Lipinski definition) is 2. The van der Waals surface area contributed by atoms with Crippen LogP contribution in [0.4, 0.5) is 0 Å². The van der Waals surface area contributed by atoms with Crippen molar-refractivity contribution in [2.24, 2.45) is 11.8 Å². The average Bonchev–Trinajstić information content (AvgIpc) is 2.84. The Kier molecular flexibility index (Phi) is 4.04. The first-order valence-corrected chi connectivity index (χ1v) is 6.67. The predicted molar refractivity (Wildman–Crippen MR) is 62.8 cm³/mol. The summed E-state index contributed by atoms with van der Waals surface area (Å²) in [4.78, 5) is 0. The van der Waals surface area contributed by atoms with Gasteiger partial charge in [0.15, 0.2) is 0 Å². The van der Waals surface area contributed by atoms with E-state index in [0.717, 1.165) is 31.2 Å². The summed E-state index contributed by atoms with van der Waals surface area (Å²) in [5, 5.41) is 13.1. The van der Waals surface area contributed by atoms with Gasteiger partial charge in [0, 0.05) is 6.04 Å². The number of aliphatic hydroxyl groups excluding tert-OH is 1. The Bertz CT molecular complexity index is 189. The molecular formula is C13H25NO. The van der Waals surface area contributed by atoms with E-state index in [2.05, 4.69) is 12.2 Å². The Morgan fingerprint density at radius 1 is 1.20 bits per heavy atom. The maximum absolute atomic E-state index is 9.45. The molecule has 2 aliphatic carbocycles. The Morgan fingerprint density at radius 3 is 2.53 bits per heavy atom. The lowest BCUT2D eigenvalue weighted by molar-refractivity contribution is 0.176. The average molecular weight is 211 g/mol. The van der Waals surface area contributed by atoms with E-state index in [1.165, 1.54) is 32.1 Å². The normalized spacial score (nSPS) is 34.8. The maximum atomic E-state index is 9.45. The maximum Gasteiger partial charge on any atom is 0.0543 e. The van der Waals surface area contributed by atoms with Gasteiger partial charge in [0.05, 0.1) is 6.10 Å². The number of rotatable bonds is 4. The molecule has 2 heteroatoms. The molecule has 0 spiro atoms. The van der Waals surface area contributed by atoms with Crippen molar-refractivity contribution in [1.82, 2.24) is 5.32 Å². The minimum Gasteiger partial charge on any atom is -0.393 e. The van der Waals surface area contributed by atoms with E-state index in [9.17, 15) is 5.11 Å². The van der Waals surface area contributed by atoms with Crippen LogP contribution >= 0.6 is 0 Å². The van der Waals surface area contributed by atoms with Gasteiger partial charge in [-0.2, -0.15) is 0 Å². The van der Waals surface area contributed by atoms with Crippen LogP contribution in [0.25, 0.3) is 0 Å². The molecule has 2 rings (SSSR count). The first kappa shape index (κ1) is 11.4. The summed E-state index contributed by atoms with van der Waals surface area (Å²) in [6, 6.07) is 0.685. The van der Waals surface area contributed by atoms with Crippen molar-refractivity contribution in [2.75, 3.05) is 6.54 Å². The second-order valence-corrected chi connectivity index (χ2v) is 5.57. The molecule has 0 heterocycles. The largest absolute Gasteiger partial charge is 0.393 e. The zero-order chi connectivity index (χ0) is 10.7. The summed E-state index contributed by atoms with van der Waals surface area (Å²) >= 11 is 0. The van der Waals surface area contributed by atoms with Gasteiger partial charge in [-0.1, -0.05) is 12.8 Å². The molecule has 2 fully saturated rings. The van der Waals surface area contributed by atoms with Crippen LogP contribution < -0.4 is 5.32 Å². The lowest BCUT2D eigenvalue weighted by atomic mass is 9.99. The molecule has 2 saturated carbocycles. The Morgan fingerprint density at radius 2 is 1.93 bits per heavy atom. The molecule has 0 aliphatic heterocycles. The molecular weight excluding hydrogens is 186 g/mol. The van der Waals surface area contributed by atoms with Gasteiger partial charge in [-0.15, -0.1) is 0 Å². The van der Waals surface area contributed by atoms with Gasteiger partial charge < -0.3 is 10.4 Å². The standard InChI is InChI=1S/C13H25NO/c1-10(12-4-2-3-5-12)14-9-11-6-7-13(15)8-11/h10-15H,2-9H2,1H3. The third-order valence-electron chi connectivity index (χ3n) is 4.35. The number of nitrogens with one attached hydrogen (secondary N) is 1. The summed E-state index contributed by atoms with van der Waals surface area (Å²) in [5.41, 5.74) is 0. The highest BCUT2D eigenvalue weighted by Crippen LogP contribution is 2.28. The fraction of sp³-hybridized carbons (Fsp3) is 1.00. The summed E-state index contributed by atoms with van der Waals surface area (Å²) in [5.74, 6) is 1.64. The van der Waals surface area contributed by atoms with Crippen molar-refractivity contribution < 1.29 is 5.11 Å². The lowest BCUT2D eigenvalue weighted by Gasteiger charge is -2.22. The molecule has 3 unspecified atom stereocenters. The summed E-state index contributed by atoms with van der Waals surface area (Å²) in [7, 11) is 0. The van der Waals surface area contributed by atoms with E-state index < -0.39 is 0 Å². The van der Waals surface area contributed by atoms with Crippen LogP contribution in [0.3, 0.4) is 0 Å². The molecule has 0 saturated heterocycles. The van der Waals surface area contributed by atoms with Gasteiger partial charge >= 0.3 is 0 Å².